The molecule has 0 amide bonds. The van der Waals surface area contributed by atoms with E-state index in [0.717, 1.165) is 11.1 Å². The molecule has 0 atom stereocenters. The highest BCUT2D eigenvalue weighted by molar-refractivity contribution is 5.96. The van der Waals surface area contributed by atoms with Gasteiger partial charge in [-0.2, -0.15) is 0 Å². The van der Waals surface area contributed by atoms with Gasteiger partial charge in [0.05, 0.1) is 0 Å². The highest BCUT2D eigenvalue weighted by atomic mass is 16.1. The van der Waals surface area contributed by atoms with Crippen LogP contribution in [0.1, 0.15) is 52.0 Å². The van der Waals surface area contributed by atoms with Crippen LogP contribution in [-0.2, 0) is 5.41 Å². The van der Waals surface area contributed by atoms with Crippen LogP contribution in [0.25, 0.3) is 0 Å². The third-order valence-electron chi connectivity index (χ3n) is 5.10. The molecular formula is C24H24O. The van der Waals surface area contributed by atoms with Gasteiger partial charge in [0, 0.05) is 11.0 Å². The summed E-state index contributed by atoms with van der Waals surface area (Å²) in [6.45, 7) is 8.04. The van der Waals surface area contributed by atoms with E-state index in [9.17, 15) is 4.79 Å². The van der Waals surface area contributed by atoms with Crippen LogP contribution in [-0.4, -0.2) is 5.78 Å². The van der Waals surface area contributed by atoms with Crippen molar-refractivity contribution in [1.82, 2.24) is 0 Å². The largest absolute Gasteiger partial charge is 0.295 e. The van der Waals surface area contributed by atoms with Crippen molar-refractivity contribution in [3.8, 4) is 0 Å². The molecule has 0 fully saturated rings. The van der Waals surface area contributed by atoms with Crippen molar-refractivity contribution < 1.29 is 4.79 Å². The van der Waals surface area contributed by atoms with Crippen LogP contribution in [0.3, 0.4) is 0 Å². The summed E-state index contributed by atoms with van der Waals surface area (Å²) in [4.78, 5) is 12.3. The van der Waals surface area contributed by atoms with Crippen molar-refractivity contribution in [2.24, 2.45) is 0 Å². The number of benzene rings is 3. The Morgan fingerprint density at radius 2 is 1.16 bits per heavy atom. The maximum absolute atomic E-state index is 12.3. The summed E-state index contributed by atoms with van der Waals surface area (Å²) >= 11 is 0. The Balaban J connectivity index is 2.32. The monoisotopic (exact) mass is 328 g/mol. The van der Waals surface area contributed by atoms with Gasteiger partial charge in [0.2, 0.25) is 0 Å². The predicted molar refractivity (Wildman–Crippen MR) is 104 cm³/mol. The lowest BCUT2D eigenvalue weighted by molar-refractivity contribution is 0.101. The number of ketones is 1. The zero-order chi connectivity index (χ0) is 18.0. The molecule has 0 aromatic heterocycles. The van der Waals surface area contributed by atoms with Crippen molar-refractivity contribution in [2.75, 3.05) is 0 Å². The zero-order valence-corrected chi connectivity index (χ0v) is 15.3. The fourth-order valence-corrected chi connectivity index (χ4v) is 3.48. The van der Waals surface area contributed by atoms with Crippen LogP contribution in [0.5, 0.6) is 0 Å². The molecular weight excluding hydrogens is 304 g/mol. The van der Waals surface area contributed by atoms with E-state index >= 15 is 0 Å². The average Bonchev–Trinajstić information content (AvgIpc) is 2.62. The van der Waals surface area contributed by atoms with Crippen LogP contribution in [0.15, 0.2) is 72.8 Å². The normalized spacial score (nSPS) is 11.4. The molecule has 3 aromatic carbocycles. The molecule has 0 unspecified atom stereocenters. The maximum atomic E-state index is 12.3. The molecule has 126 valence electrons. The van der Waals surface area contributed by atoms with Crippen LogP contribution in [0.4, 0.5) is 0 Å². The van der Waals surface area contributed by atoms with E-state index in [-0.39, 0.29) is 11.2 Å². The number of carbonyl (C=O) groups excluding carboxylic acids is 1. The lowest BCUT2D eigenvalue weighted by atomic mass is 9.69. The minimum absolute atomic E-state index is 0.0982. The van der Waals surface area contributed by atoms with Gasteiger partial charge in [-0.05, 0) is 44.4 Å². The molecule has 0 bridgehead atoms. The summed E-state index contributed by atoms with van der Waals surface area (Å²) in [5, 5.41) is 0. The SMILES string of the molecule is CC(=O)c1ccccc1C(C)(c1ccc(C)cc1)c1ccc(C)cc1. The minimum atomic E-state index is -0.385. The molecule has 0 aliphatic heterocycles. The van der Waals surface area contributed by atoms with Crippen molar-refractivity contribution in [3.63, 3.8) is 0 Å². The van der Waals surface area contributed by atoms with Gasteiger partial charge in [-0.15, -0.1) is 0 Å². The summed E-state index contributed by atoms with van der Waals surface area (Å²) in [6, 6.07) is 25.2. The van der Waals surface area contributed by atoms with E-state index in [1.54, 1.807) is 6.92 Å². The van der Waals surface area contributed by atoms with Gasteiger partial charge in [-0.3, -0.25) is 4.79 Å². The lowest BCUT2D eigenvalue weighted by Gasteiger charge is -2.33. The number of aryl methyl sites for hydroxylation is 2. The predicted octanol–water partition coefficient (Wildman–Crippen LogP) is 5.86. The molecule has 0 spiro atoms. The highest BCUT2D eigenvalue weighted by Gasteiger charge is 2.33. The quantitative estimate of drug-likeness (QED) is 0.433. The molecule has 0 saturated carbocycles. The van der Waals surface area contributed by atoms with E-state index in [0.29, 0.717) is 0 Å². The molecule has 3 aromatic rings. The van der Waals surface area contributed by atoms with Crippen molar-refractivity contribution >= 4 is 5.78 Å². The Hall–Kier alpha value is -2.67. The Kier molecular flexibility index (Phi) is 4.59. The summed E-state index contributed by atoms with van der Waals surface area (Å²) in [6.07, 6.45) is 0. The third kappa shape index (κ3) is 3.15. The zero-order valence-electron chi connectivity index (χ0n) is 15.3. The van der Waals surface area contributed by atoms with Gasteiger partial charge in [-0.25, -0.2) is 0 Å². The van der Waals surface area contributed by atoms with Gasteiger partial charge in [0.15, 0.2) is 5.78 Å². The first kappa shape index (κ1) is 17.2. The van der Waals surface area contributed by atoms with Crippen molar-refractivity contribution in [2.45, 2.75) is 33.1 Å². The standard InChI is InChI=1S/C24H24O/c1-17-9-13-20(14-10-17)24(4,21-15-11-18(2)12-16-21)23-8-6-5-7-22(23)19(3)25/h5-16H,1-4H3. The van der Waals surface area contributed by atoms with Gasteiger partial charge in [0.1, 0.15) is 0 Å². The number of carbonyl (C=O) groups is 1. The van der Waals surface area contributed by atoms with E-state index in [4.69, 9.17) is 0 Å². The number of rotatable bonds is 4. The van der Waals surface area contributed by atoms with Crippen LogP contribution in [0.2, 0.25) is 0 Å². The minimum Gasteiger partial charge on any atom is -0.295 e. The topological polar surface area (TPSA) is 17.1 Å². The Morgan fingerprint density at radius 3 is 1.60 bits per heavy atom. The van der Waals surface area contributed by atoms with E-state index in [1.165, 1.54) is 22.3 Å². The summed E-state index contributed by atoms with van der Waals surface area (Å²) in [5.41, 5.74) is 6.29. The Labute approximate surface area is 150 Å². The second-order valence-electron chi connectivity index (χ2n) is 6.96. The van der Waals surface area contributed by atoms with E-state index in [1.807, 2.05) is 18.2 Å². The van der Waals surface area contributed by atoms with Gasteiger partial charge in [0.25, 0.3) is 0 Å². The van der Waals surface area contributed by atoms with Crippen molar-refractivity contribution in [3.05, 3.63) is 106 Å². The second kappa shape index (κ2) is 6.68. The lowest BCUT2D eigenvalue weighted by Crippen LogP contribution is -2.27. The van der Waals surface area contributed by atoms with Gasteiger partial charge in [-0.1, -0.05) is 83.9 Å². The van der Waals surface area contributed by atoms with Crippen LogP contribution in [0, 0.1) is 13.8 Å². The first-order valence-corrected chi connectivity index (χ1v) is 8.67. The third-order valence-corrected chi connectivity index (χ3v) is 5.10. The summed E-state index contributed by atoms with van der Waals surface area (Å²) in [7, 11) is 0. The first-order valence-electron chi connectivity index (χ1n) is 8.67. The fourth-order valence-electron chi connectivity index (χ4n) is 3.48. The molecule has 1 nitrogen and oxygen atoms in total. The average molecular weight is 328 g/mol. The Morgan fingerprint density at radius 1 is 0.720 bits per heavy atom. The number of Topliss-reactive ketones (excluding diaryl/α,β-unsaturated/α-hetero) is 1. The van der Waals surface area contributed by atoms with Gasteiger partial charge < -0.3 is 0 Å². The second-order valence-corrected chi connectivity index (χ2v) is 6.96. The molecule has 0 N–H and O–H groups in total. The smallest absolute Gasteiger partial charge is 0.160 e. The summed E-state index contributed by atoms with van der Waals surface area (Å²) < 4.78 is 0. The van der Waals surface area contributed by atoms with Gasteiger partial charge >= 0.3 is 0 Å². The molecule has 3 rings (SSSR count). The number of hydrogen-bond donors (Lipinski definition) is 0. The van der Waals surface area contributed by atoms with Crippen molar-refractivity contribution in [1.29, 1.82) is 0 Å². The molecule has 0 heterocycles. The molecule has 0 saturated heterocycles. The Bertz CT molecular complexity index is 841. The molecule has 0 aliphatic rings. The summed E-state index contributed by atoms with van der Waals surface area (Å²) in [5.74, 6) is 0.0982. The van der Waals surface area contributed by atoms with Crippen LogP contribution >= 0.6 is 0 Å². The maximum Gasteiger partial charge on any atom is 0.160 e. The van der Waals surface area contributed by atoms with E-state index in [2.05, 4.69) is 75.4 Å². The highest BCUT2D eigenvalue weighted by Crippen LogP contribution is 2.40. The molecule has 25 heavy (non-hydrogen) atoms. The fraction of sp³-hybridized carbons (Fsp3) is 0.208. The molecule has 1 heteroatoms. The molecule has 0 radical (unpaired) electrons. The van der Waals surface area contributed by atoms with E-state index < -0.39 is 0 Å². The van der Waals surface area contributed by atoms with Crippen LogP contribution < -0.4 is 0 Å². The first-order chi connectivity index (χ1) is 11.9. The number of hydrogen-bond acceptors (Lipinski definition) is 1. The molecule has 0 aliphatic carbocycles.